The molecule has 0 unspecified atom stereocenters. The number of aliphatic carboxylic acids is 1. The zero-order valence-corrected chi connectivity index (χ0v) is 10.5. The molecule has 1 rings (SSSR count). The molecule has 1 atom stereocenters. The monoisotopic (exact) mass is 253 g/mol. The summed E-state index contributed by atoms with van der Waals surface area (Å²) in [6.45, 7) is 1.85. The fourth-order valence-electron chi connectivity index (χ4n) is 1.65. The molecule has 5 nitrogen and oxygen atoms in total. The van der Waals surface area contributed by atoms with Gasteiger partial charge in [-0.25, -0.2) is 4.79 Å². The lowest BCUT2D eigenvalue weighted by atomic mass is 10.1. The van der Waals surface area contributed by atoms with Gasteiger partial charge >= 0.3 is 11.9 Å². The molecule has 1 aromatic rings. The second-order valence-electron chi connectivity index (χ2n) is 4.29. The summed E-state index contributed by atoms with van der Waals surface area (Å²) in [5.74, 6) is -1.11. The Bertz CT molecular complexity index is 372. The minimum Gasteiger partial charge on any atom is -0.481 e. The lowest BCUT2D eigenvalue weighted by Gasteiger charge is -2.12. The van der Waals surface area contributed by atoms with Gasteiger partial charge in [0.1, 0.15) is 5.69 Å². The molecule has 0 saturated heterocycles. The van der Waals surface area contributed by atoms with Crippen molar-refractivity contribution in [3.05, 3.63) is 24.0 Å². The van der Waals surface area contributed by atoms with Crippen LogP contribution in [0.1, 0.15) is 49.5 Å². The van der Waals surface area contributed by atoms with Crippen molar-refractivity contribution in [1.82, 2.24) is 4.98 Å². The first kappa shape index (κ1) is 14.3. The van der Waals surface area contributed by atoms with E-state index in [1.807, 2.05) is 6.92 Å². The highest BCUT2D eigenvalue weighted by Gasteiger charge is 2.12. The first-order valence-electron chi connectivity index (χ1n) is 6.15. The molecule has 0 aliphatic heterocycles. The molecule has 0 aliphatic rings. The van der Waals surface area contributed by atoms with E-state index < -0.39 is 5.97 Å². The average Bonchev–Trinajstić information content (AvgIpc) is 2.81. The number of carboxylic acids is 1. The molecule has 0 aliphatic carbocycles. The normalized spacial score (nSPS) is 12.1. The molecule has 0 fully saturated rings. The second kappa shape index (κ2) is 7.53. The minimum absolute atomic E-state index is 0.148. The zero-order chi connectivity index (χ0) is 13.4. The largest absolute Gasteiger partial charge is 0.481 e. The number of aromatic amines is 1. The van der Waals surface area contributed by atoms with Gasteiger partial charge in [-0.3, -0.25) is 4.79 Å². The van der Waals surface area contributed by atoms with Crippen LogP contribution in [0.2, 0.25) is 0 Å². The molecule has 0 spiro atoms. The Morgan fingerprint density at radius 2 is 2.17 bits per heavy atom. The lowest BCUT2D eigenvalue weighted by molar-refractivity contribution is -0.137. The van der Waals surface area contributed by atoms with Crippen LogP contribution < -0.4 is 0 Å². The van der Waals surface area contributed by atoms with Crippen LogP contribution in [0.3, 0.4) is 0 Å². The van der Waals surface area contributed by atoms with Gasteiger partial charge in [-0.05, 0) is 38.3 Å². The molecule has 0 aromatic carbocycles. The van der Waals surface area contributed by atoms with Gasteiger partial charge in [0, 0.05) is 12.6 Å². The summed E-state index contributed by atoms with van der Waals surface area (Å²) in [5, 5.41) is 8.47. The maximum Gasteiger partial charge on any atom is 0.354 e. The quantitative estimate of drug-likeness (QED) is 0.551. The highest BCUT2D eigenvalue weighted by atomic mass is 16.5. The van der Waals surface area contributed by atoms with Gasteiger partial charge < -0.3 is 14.8 Å². The molecular weight excluding hydrogens is 234 g/mol. The van der Waals surface area contributed by atoms with Crippen molar-refractivity contribution < 1.29 is 19.4 Å². The molecule has 5 heteroatoms. The van der Waals surface area contributed by atoms with E-state index in [9.17, 15) is 9.59 Å². The van der Waals surface area contributed by atoms with Crippen molar-refractivity contribution >= 4 is 11.9 Å². The molecule has 2 N–H and O–H groups in total. The van der Waals surface area contributed by atoms with Gasteiger partial charge in [-0.1, -0.05) is 6.42 Å². The van der Waals surface area contributed by atoms with Crippen LogP contribution in [-0.4, -0.2) is 28.1 Å². The predicted octanol–water partition coefficient (Wildman–Crippen LogP) is 2.60. The lowest BCUT2D eigenvalue weighted by Crippen LogP contribution is -2.15. The van der Waals surface area contributed by atoms with Crippen LogP contribution in [0.15, 0.2) is 18.3 Å². The Morgan fingerprint density at radius 1 is 1.39 bits per heavy atom. The summed E-state index contributed by atoms with van der Waals surface area (Å²) in [6.07, 6.45) is 4.87. The molecule has 0 radical (unpaired) electrons. The molecule has 0 amide bonds. The third kappa shape index (κ3) is 5.52. The van der Waals surface area contributed by atoms with Crippen LogP contribution in [0.4, 0.5) is 0 Å². The van der Waals surface area contributed by atoms with E-state index in [-0.39, 0.29) is 18.5 Å². The maximum absolute atomic E-state index is 11.6. The molecule has 0 saturated carbocycles. The minimum atomic E-state index is -0.763. The molecule has 100 valence electrons. The Labute approximate surface area is 106 Å². The van der Waals surface area contributed by atoms with Crippen molar-refractivity contribution in [2.24, 2.45) is 0 Å². The molecule has 1 aromatic heterocycles. The first-order valence-corrected chi connectivity index (χ1v) is 6.15. The van der Waals surface area contributed by atoms with Crippen molar-refractivity contribution in [2.45, 2.75) is 45.1 Å². The fourth-order valence-corrected chi connectivity index (χ4v) is 1.65. The summed E-state index contributed by atoms with van der Waals surface area (Å²) in [6, 6.07) is 3.41. The van der Waals surface area contributed by atoms with Crippen molar-refractivity contribution in [3.63, 3.8) is 0 Å². The van der Waals surface area contributed by atoms with E-state index >= 15 is 0 Å². The van der Waals surface area contributed by atoms with Gasteiger partial charge in [-0.2, -0.15) is 0 Å². The Hall–Kier alpha value is -1.78. The van der Waals surface area contributed by atoms with Crippen LogP contribution >= 0.6 is 0 Å². The number of rotatable bonds is 8. The zero-order valence-electron chi connectivity index (χ0n) is 10.5. The Balaban J connectivity index is 2.12. The van der Waals surface area contributed by atoms with Gasteiger partial charge in [-0.15, -0.1) is 0 Å². The average molecular weight is 253 g/mol. The number of carbonyl (C=O) groups is 2. The Morgan fingerprint density at radius 3 is 2.78 bits per heavy atom. The fraction of sp³-hybridized carbons (Fsp3) is 0.538. The SMILES string of the molecule is C[C@H](CCCCCC(=O)O)OC(=O)c1ccc[nH]1. The highest BCUT2D eigenvalue weighted by Crippen LogP contribution is 2.10. The summed E-state index contributed by atoms with van der Waals surface area (Å²) in [7, 11) is 0. The number of hydrogen-bond donors (Lipinski definition) is 2. The summed E-state index contributed by atoms with van der Waals surface area (Å²) < 4.78 is 5.24. The summed E-state index contributed by atoms with van der Waals surface area (Å²) in [4.78, 5) is 24.7. The number of unbranched alkanes of at least 4 members (excludes halogenated alkanes) is 2. The van der Waals surface area contributed by atoms with Crippen LogP contribution in [0.5, 0.6) is 0 Å². The number of carboxylic acid groups (broad SMARTS) is 1. The molecule has 18 heavy (non-hydrogen) atoms. The number of hydrogen-bond acceptors (Lipinski definition) is 3. The second-order valence-corrected chi connectivity index (χ2v) is 4.29. The van der Waals surface area contributed by atoms with E-state index in [4.69, 9.17) is 9.84 Å². The van der Waals surface area contributed by atoms with E-state index in [1.54, 1.807) is 18.3 Å². The van der Waals surface area contributed by atoms with Gasteiger partial charge in [0.25, 0.3) is 0 Å². The van der Waals surface area contributed by atoms with Gasteiger partial charge in [0.05, 0.1) is 6.10 Å². The smallest absolute Gasteiger partial charge is 0.354 e. The van der Waals surface area contributed by atoms with Crippen molar-refractivity contribution in [1.29, 1.82) is 0 Å². The third-order valence-electron chi connectivity index (χ3n) is 2.63. The van der Waals surface area contributed by atoms with Crippen LogP contribution in [0.25, 0.3) is 0 Å². The highest BCUT2D eigenvalue weighted by molar-refractivity contribution is 5.87. The van der Waals surface area contributed by atoms with Gasteiger partial charge in [0.15, 0.2) is 0 Å². The van der Waals surface area contributed by atoms with Crippen molar-refractivity contribution in [2.75, 3.05) is 0 Å². The number of aromatic nitrogens is 1. The number of esters is 1. The van der Waals surface area contributed by atoms with Crippen molar-refractivity contribution in [3.8, 4) is 0 Å². The number of carbonyl (C=O) groups excluding carboxylic acids is 1. The predicted molar refractivity (Wildman–Crippen MR) is 66.4 cm³/mol. The molecule has 0 bridgehead atoms. The third-order valence-corrected chi connectivity index (χ3v) is 2.63. The summed E-state index contributed by atoms with van der Waals surface area (Å²) in [5.41, 5.74) is 0.452. The summed E-state index contributed by atoms with van der Waals surface area (Å²) >= 11 is 0. The van der Waals surface area contributed by atoms with E-state index in [1.165, 1.54) is 0 Å². The number of ether oxygens (including phenoxy) is 1. The number of H-pyrrole nitrogens is 1. The van der Waals surface area contributed by atoms with Gasteiger partial charge in [0.2, 0.25) is 0 Å². The van der Waals surface area contributed by atoms with Crippen LogP contribution in [-0.2, 0) is 9.53 Å². The first-order chi connectivity index (χ1) is 8.59. The standard InChI is InChI=1S/C13H19NO4/c1-10(6-3-2-4-8-12(15)16)18-13(17)11-7-5-9-14-11/h5,7,9-10,14H,2-4,6,8H2,1H3,(H,15,16)/t10-/m1/s1. The Kier molecular flexibility index (Phi) is 5.97. The van der Waals surface area contributed by atoms with E-state index in [0.717, 1.165) is 19.3 Å². The number of nitrogens with one attached hydrogen (secondary N) is 1. The maximum atomic E-state index is 11.6. The molecule has 1 heterocycles. The topological polar surface area (TPSA) is 79.4 Å². The van der Waals surface area contributed by atoms with E-state index in [2.05, 4.69) is 4.98 Å². The van der Waals surface area contributed by atoms with E-state index in [0.29, 0.717) is 12.1 Å². The molecular formula is C13H19NO4. The van der Waals surface area contributed by atoms with Crippen LogP contribution in [0, 0.1) is 0 Å².